The van der Waals surface area contributed by atoms with Gasteiger partial charge in [0.05, 0.1) is 11.6 Å². The average Bonchev–Trinajstić information content (AvgIpc) is 3.10. The van der Waals surface area contributed by atoms with E-state index in [1.807, 2.05) is 0 Å². The van der Waals surface area contributed by atoms with Gasteiger partial charge in [-0.1, -0.05) is 0 Å². The molecule has 27 heavy (non-hydrogen) atoms. The van der Waals surface area contributed by atoms with E-state index < -0.39 is 38.4 Å². The van der Waals surface area contributed by atoms with Crippen molar-refractivity contribution in [2.75, 3.05) is 10.0 Å². The van der Waals surface area contributed by atoms with Gasteiger partial charge in [-0.15, -0.1) is 11.3 Å². The van der Waals surface area contributed by atoms with E-state index in [1.54, 1.807) is 6.92 Å². The van der Waals surface area contributed by atoms with Crippen LogP contribution in [0.2, 0.25) is 0 Å². The summed E-state index contributed by atoms with van der Waals surface area (Å²) in [5, 5.41) is 4.31. The van der Waals surface area contributed by atoms with Crippen LogP contribution >= 0.6 is 11.3 Å². The Labute approximate surface area is 157 Å². The normalized spacial score (nSPS) is 12.6. The van der Waals surface area contributed by atoms with E-state index in [0.717, 1.165) is 30.3 Å². The summed E-state index contributed by atoms with van der Waals surface area (Å²) in [5.41, 5.74) is 1.72. The van der Waals surface area contributed by atoms with Crippen LogP contribution in [0.1, 0.15) is 18.5 Å². The highest BCUT2D eigenvalue weighted by atomic mass is 32.2. The molecule has 1 aromatic heterocycles. The lowest BCUT2D eigenvalue weighted by molar-refractivity contribution is 0.569. The Morgan fingerprint density at radius 3 is 2.52 bits per heavy atom. The van der Waals surface area contributed by atoms with E-state index >= 15 is 0 Å². The van der Waals surface area contributed by atoms with Gasteiger partial charge in [-0.2, -0.15) is 0 Å². The number of nitrogens with zero attached hydrogens (tertiary/aromatic N) is 1. The van der Waals surface area contributed by atoms with Crippen LogP contribution in [0.4, 0.5) is 24.7 Å². The predicted octanol–water partition coefficient (Wildman–Crippen LogP) is 4.53. The molecule has 0 unspecified atom stereocenters. The van der Waals surface area contributed by atoms with Gasteiger partial charge < -0.3 is 5.32 Å². The van der Waals surface area contributed by atoms with Crippen molar-refractivity contribution < 1.29 is 21.6 Å². The van der Waals surface area contributed by atoms with Crippen molar-refractivity contribution in [3.05, 3.63) is 70.3 Å². The summed E-state index contributed by atoms with van der Waals surface area (Å²) in [4.78, 5) is 3.21. The van der Waals surface area contributed by atoms with E-state index in [-0.39, 0.29) is 17.1 Å². The molecule has 10 heteroatoms. The van der Waals surface area contributed by atoms with E-state index in [2.05, 4.69) is 15.0 Å². The number of rotatable bonds is 6. The summed E-state index contributed by atoms with van der Waals surface area (Å²) in [6, 6.07) is 5.72. The van der Waals surface area contributed by atoms with Crippen molar-refractivity contribution >= 4 is 32.9 Å². The van der Waals surface area contributed by atoms with Crippen LogP contribution in [0.25, 0.3) is 0 Å². The third-order valence-corrected chi connectivity index (χ3v) is 5.66. The SMILES string of the molecule is C[C@H](Nc1ccc(F)c(S(=O)(=O)Nc2cscn2)c1)c1cc(F)ccc1F. The molecule has 0 aliphatic carbocycles. The largest absolute Gasteiger partial charge is 0.378 e. The van der Waals surface area contributed by atoms with Crippen LogP contribution in [0.5, 0.6) is 0 Å². The molecule has 0 saturated carbocycles. The van der Waals surface area contributed by atoms with Gasteiger partial charge in [-0.3, -0.25) is 4.72 Å². The molecule has 0 spiro atoms. The summed E-state index contributed by atoms with van der Waals surface area (Å²) in [6.07, 6.45) is 0. The number of thiazole rings is 1. The number of anilines is 2. The molecule has 5 nitrogen and oxygen atoms in total. The fourth-order valence-electron chi connectivity index (χ4n) is 2.43. The highest BCUT2D eigenvalue weighted by molar-refractivity contribution is 7.92. The molecule has 0 aliphatic heterocycles. The summed E-state index contributed by atoms with van der Waals surface area (Å²) >= 11 is 1.18. The van der Waals surface area contributed by atoms with Crippen molar-refractivity contribution in [2.24, 2.45) is 0 Å². The van der Waals surface area contributed by atoms with Crippen molar-refractivity contribution in [1.29, 1.82) is 0 Å². The zero-order chi connectivity index (χ0) is 19.6. The highest BCUT2D eigenvalue weighted by Gasteiger charge is 2.21. The van der Waals surface area contributed by atoms with Crippen molar-refractivity contribution in [1.82, 2.24) is 4.98 Å². The zero-order valence-corrected chi connectivity index (χ0v) is 15.5. The van der Waals surface area contributed by atoms with Gasteiger partial charge in [0.15, 0.2) is 5.82 Å². The molecule has 1 heterocycles. The summed E-state index contributed by atoms with van der Waals surface area (Å²) in [7, 11) is -4.21. The van der Waals surface area contributed by atoms with Gasteiger partial charge in [0.25, 0.3) is 10.0 Å². The first-order valence-corrected chi connectivity index (χ1v) is 10.1. The zero-order valence-electron chi connectivity index (χ0n) is 13.9. The molecule has 0 saturated heterocycles. The molecule has 0 amide bonds. The molecule has 3 aromatic rings. The number of benzene rings is 2. The third kappa shape index (κ3) is 4.40. The third-order valence-electron chi connectivity index (χ3n) is 3.70. The Bertz CT molecular complexity index is 1060. The lowest BCUT2D eigenvalue weighted by Crippen LogP contribution is -2.16. The maximum Gasteiger partial charge on any atom is 0.266 e. The fraction of sp³-hybridized carbons (Fsp3) is 0.118. The van der Waals surface area contributed by atoms with Gasteiger partial charge in [-0.25, -0.2) is 26.6 Å². The molecule has 1 atom stereocenters. The molecule has 0 aliphatic rings. The molecule has 3 rings (SSSR count). The lowest BCUT2D eigenvalue weighted by atomic mass is 10.1. The Balaban J connectivity index is 1.88. The van der Waals surface area contributed by atoms with Crippen LogP contribution in [0, 0.1) is 17.5 Å². The summed E-state index contributed by atoms with van der Waals surface area (Å²) in [5.74, 6) is -2.09. The number of sulfonamides is 1. The number of hydrogen-bond acceptors (Lipinski definition) is 5. The fourth-order valence-corrected chi connectivity index (χ4v) is 4.09. The van der Waals surface area contributed by atoms with Crippen LogP contribution in [0.3, 0.4) is 0 Å². The number of aromatic nitrogens is 1. The Morgan fingerprint density at radius 1 is 1.07 bits per heavy atom. The minimum Gasteiger partial charge on any atom is -0.378 e. The first kappa shape index (κ1) is 19.2. The van der Waals surface area contributed by atoms with E-state index in [0.29, 0.717) is 0 Å². The van der Waals surface area contributed by atoms with Gasteiger partial charge in [0, 0.05) is 16.6 Å². The van der Waals surface area contributed by atoms with Crippen molar-refractivity contribution in [3.63, 3.8) is 0 Å². The second-order valence-electron chi connectivity index (χ2n) is 5.66. The highest BCUT2D eigenvalue weighted by Crippen LogP contribution is 2.26. The van der Waals surface area contributed by atoms with E-state index in [4.69, 9.17) is 0 Å². The van der Waals surface area contributed by atoms with Gasteiger partial charge in [0.1, 0.15) is 22.3 Å². The minimum atomic E-state index is -4.21. The van der Waals surface area contributed by atoms with Gasteiger partial charge in [0.2, 0.25) is 0 Å². The number of halogens is 3. The quantitative estimate of drug-likeness (QED) is 0.623. The van der Waals surface area contributed by atoms with E-state index in [9.17, 15) is 21.6 Å². The first-order valence-electron chi connectivity index (χ1n) is 7.68. The molecule has 142 valence electrons. The standard InChI is InChI=1S/C17H14F3N3O2S2/c1-10(13-6-11(18)2-4-14(13)19)22-12-3-5-15(20)16(7-12)27(24,25)23-17-8-26-9-21-17/h2-10,22-23H,1H3/t10-/m0/s1. The van der Waals surface area contributed by atoms with Crippen molar-refractivity contribution in [3.8, 4) is 0 Å². The van der Waals surface area contributed by atoms with Crippen LogP contribution in [-0.4, -0.2) is 13.4 Å². The molecule has 2 aromatic carbocycles. The van der Waals surface area contributed by atoms with Crippen LogP contribution in [-0.2, 0) is 10.0 Å². The molecule has 0 fully saturated rings. The average molecular weight is 413 g/mol. The minimum absolute atomic E-state index is 0.0596. The molecule has 0 radical (unpaired) electrons. The monoisotopic (exact) mass is 413 g/mol. The summed E-state index contributed by atoms with van der Waals surface area (Å²) < 4.78 is 68.3. The first-order chi connectivity index (χ1) is 12.8. The number of hydrogen-bond donors (Lipinski definition) is 2. The summed E-state index contributed by atoms with van der Waals surface area (Å²) in [6.45, 7) is 1.57. The smallest absolute Gasteiger partial charge is 0.266 e. The Kier molecular flexibility index (Phi) is 5.38. The molecular weight excluding hydrogens is 399 g/mol. The predicted molar refractivity (Wildman–Crippen MR) is 97.7 cm³/mol. The Hall–Kier alpha value is -2.59. The maximum atomic E-state index is 14.1. The van der Waals surface area contributed by atoms with Crippen LogP contribution < -0.4 is 10.0 Å². The molecular formula is C17H14F3N3O2S2. The second kappa shape index (κ2) is 7.57. The topological polar surface area (TPSA) is 71.1 Å². The van der Waals surface area contributed by atoms with E-state index in [1.165, 1.54) is 28.3 Å². The Morgan fingerprint density at radius 2 is 1.81 bits per heavy atom. The maximum absolute atomic E-state index is 14.1. The van der Waals surface area contributed by atoms with Crippen LogP contribution in [0.15, 0.2) is 52.2 Å². The van der Waals surface area contributed by atoms with Crippen molar-refractivity contribution in [2.45, 2.75) is 17.9 Å². The molecule has 2 N–H and O–H groups in total. The molecule has 0 bridgehead atoms. The van der Waals surface area contributed by atoms with Gasteiger partial charge >= 0.3 is 0 Å². The number of nitrogens with one attached hydrogen (secondary N) is 2. The second-order valence-corrected chi connectivity index (χ2v) is 8.03. The van der Waals surface area contributed by atoms with Gasteiger partial charge in [-0.05, 0) is 43.3 Å². The lowest BCUT2D eigenvalue weighted by Gasteiger charge is -2.17.